The van der Waals surface area contributed by atoms with Gasteiger partial charge in [0.05, 0.1) is 6.26 Å². The molecule has 6 heteroatoms. The van der Waals surface area contributed by atoms with E-state index in [0.717, 1.165) is 17.5 Å². The quantitative estimate of drug-likeness (QED) is 0.794. The number of nitrogens with zero attached hydrogens (tertiary/aromatic N) is 1. The molecule has 0 bridgehead atoms. The lowest BCUT2D eigenvalue weighted by molar-refractivity contribution is -0.121. The van der Waals surface area contributed by atoms with Gasteiger partial charge in [-0.05, 0) is 24.5 Å². The Labute approximate surface area is 127 Å². The second kappa shape index (κ2) is 8.14. The van der Waals surface area contributed by atoms with E-state index in [0.29, 0.717) is 13.1 Å². The first-order chi connectivity index (χ1) is 9.84. The summed E-state index contributed by atoms with van der Waals surface area (Å²) in [5.41, 5.74) is 2.20. The normalized spacial score (nSPS) is 11.6. The number of hydrogen-bond acceptors (Lipinski definition) is 3. The SMILES string of the molecule is CCCN(CCC(=O)NCc1ccccc1C)S(C)(=O)=O. The molecule has 1 aromatic carbocycles. The summed E-state index contributed by atoms with van der Waals surface area (Å²) in [4.78, 5) is 11.8. The molecule has 0 atom stereocenters. The van der Waals surface area contributed by atoms with Crippen molar-refractivity contribution in [3.05, 3.63) is 35.4 Å². The zero-order valence-electron chi connectivity index (χ0n) is 12.9. The highest BCUT2D eigenvalue weighted by atomic mass is 32.2. The summed E-state index contributed by atoms with van der Waals surface area (Å²) < 4.78 is 24.5. The summed E-state index contributed by atoms with van der Waals surface area (Å²) in [5.74, 6) is -0.136. The van der Waals surface area contributed by atoms with Crippen molar-refractivity contribution in [2.45, 2.75) is 33.2 Å². The Morgan fingerprint density at radius 1 is 1.24 bits per heavy atom. The van der Waals surface area contributed by atoms with Gasteiger partial charge in [0.25, 0.3) is 0 Å². The number of aryl methyl sites for hydroxylation is 1. The summed E-state index contributed by atoms with van der Waals surface area (Å²) >= 11 is 0. The van der Waals surface area contributed by atoms with Crippen LogP contribution in [-0.2, 0) is 21.4 Å². The van der Waals surface area contributed by atoms with Gasteiger partial charge in [0.1, 0.15) is 0 Å². The molecule has 0 heterocycles. The predicted octanol–water partition coefficient (Wildman–Crippen LogP) is 1.67. The first-order valence-corrected chi connectivity index (χ1v) is 8.95. The van der Waals surface area contributed by atoms with E-state index in [2.05, 4.69) is 5.32 Å². The molecule has 1 rings (SSSR count). The van der Waals surface area contributed by atoms with Crippen LogP contribution in [0.25, 0.3) is 0 Å². The molecule has 1 amide bonds. The van der Waals surface area contributed by atoms with Gasteiger partial charge in [0.15, 0.2) is 0 Å². The van der Waals surface area contributed by atoms with Crippen molar-refractivity contribution >= 4 is 15.9 Å². The van der Waals surface area contributed by atoms with E-state index in [9.17, 15) is 13.2 Å². The van der Waals surface area contributed by atoms with Crippen molar-refractivity contribution < 1.29 is 13.2 Å². The Kier molecular flexibility index (Phi) is 6.84. The smallest absolute Gasteiger partial charge is 0.221 e. The number of benzene rings is 1. The molecule has 0 fully saturated rings. The van der Waals surface area contributed by atoms with Crippen LogP contribution in [0.3, 0.4) is 0 Å². The van der Waals surface area contributed by atoms with E-state index >= 15 is 0 Å². The number of sulfonamides is 1. The van der Waals surface area contributed by atoms with Gasteiger partial charge in [-0.25, -0.2) is 12.7 Å². The summed E-state index contributed by atoms with van der Waals surface area (Å²) in [7, 11) is -3.24. The fraction of sp³-hybridized carbons (Fsp3) is 0.533. The highest BCUT2D eigenvalue weighted by Crippen LogP contribution is 2.06. The molecular weight excluding hydrogens is 288 g/mol. The molecule has 118 valence electrons. The third-order valence-corrected chi connectivity index (χ3v) is 4.57. The van der Waals surface area contributed by atoms with Crippen molar-refractivity contribution in [1.29, 1.82) is 0 Å². The van der Waals surface area contributed by atoms with Crippen LogP contribution < -0.4 is 5.32 Å². The van der Waals surface area contributed by atoms with Crippen LogP contribution in [0.15, 0.2) is 24.3 Å². The average Bonchev–Trinajstić information content (AvgIpc) is 2.41. The number of carbonyl (C=O) groups excluding carboxylic acids is 1. The van der Waals surface area contributed by atoms with Crippen molar-refractivity contribution in [1.82, 2.24) is 9.62 Å². The lowest BCUT2D eigenvalue weighted by Crippen LogP contribution is -2.35. The Hall–Kier alpha value is -1.40. The molecule has 0 aromatic heterocycles. The van der Waals surface area contributed by atoms with E-state index in [4.69, 9.17) is 0 Å². The number of carbonyl (C=O) groups is 1. The minimum Gasteiger partial charge on any atom is -0.352 e. The number of hydrogen-bond donors (Lipinski definition) is 1. The topological polar surface area (TPSA) is 66.5 Å². The molecule has 0 aliphatic rings. The van der Waals surface area contributed by atoms with Gasteiger partial charge < -0.3 is 5.32 Å². The Balaban J connectivity index is 2.45. The van der Waals surface area contributed by atoms with Crippen molar-refractivity contribution in [2.75, 3.05) is 19.3 Å². The maximum atomic E-state index is 11.8. The standard InChI is InChI=1S/C15H24N2O3S/c1-4-10-17(21(3,19)20)11-9-15(18)16-12-14-8-6-5-7-13(14)2/h5-8H,4,9-12H2,1-3H3,(H,16,18). The van der Waals surface area contributed by atoms with E-state index in [1.54, 1.807) is 0 Å². The monoisotopic (exact) mass is 312 g/mol. The molecule has 0 spiro atoms. The van der Waals surface area contributed by atoms with Crippen LogP contribution in [-0.4, -0.2) is 38.0 Å². The molecule has 0 unspecified atom stereocenters. The van der Waals surface area contributed by atoms with Crippen LogP contribution in [0.5, 0.6) is 0 Å². The average molecular weight is 312 g/mol. The summed E-state index contributed by atoms with van der Waals surface area (Å²) in [6.45, 7) is 5.05. The van der Waals surface area contributed by atoms with Gasteiger partial charge in [-0.3, -0.25) is 4.79 Å². The van der Waals surface area contributed by atoms with Gasteiger partial charge >= 0.3 is 0 Å². The van der Waals surface area contributed by atoms with Crippen molar-refractivity contribution in [3.63, 3.8) is 0 Å². The van der Waals surface area contributed by atoms with Gasteiger partial charge in [-0.15, -0.1) is 0 Å². The second-order valence-electron chi connectivity index (χ2n) is 5.12. The van der Waals surface area contributed by atoms with E-state index < -0.39 is 10.0 Å². The molecule has 21 heavy (non-hydrogen) atoms. The van der Waals surface area contributed by atoms with Crippen molar-refractivity contribution in [3.8, 4) is 0 Å². The summed E-state index contributed by atoms with van der Waals surface area (Å²) in [6.07, 6.45) is 2.09. The van der Waals surface area contributed by atoms with Crippen molar-refractivity contribution in [2.24, 2.45) is 0 Å². The highest BCUT2D eigenvalue weighted by Gasteiger charge is 2.16. The summed E-state index contributed by atoms with van der Waals surface area (Å²) in [6, 6.07) is 7.85. The molecule has 1 aromatic rings. The molecule has 1 N–H and O–H groups in total. The molecule has 0 aliphatic carbocycles. The van der Waals surface area contributed by atoms with Crippen LogP contribution in [0.2, 0.25) is 0 Å². The summed E-state index contributed by atoms with van der Waals surface area (Å²) in [5, 5.41) is 2.83. The van der Waals surface area contributed by atoms with Gasteiger partial charge in [0.2, 0.25) is 15.9 Å². The lowest BCUT2D eigenvalue weighted by Gasteiger charge is -2.18. The zero-order valence-corrected chi connectivity index (χ0v) is 13.7. The first kappa shape index (κ1) is 17.7. The third kappa shape index (κ3) is 6.27. The van der Waals surface area contributed by atoms with E-state index in [1.165, 1.54) is 10.6 Å². The minimum atomic E-state index is -3.24. The first-order valence-electron chi connectivity index (χ1n) is 7.11. The fourth-order valence-electron chi connectivity index (χ4n) is 2.01. The molecule has 5 nitrogen and oxygen atoms in total. The highest BCUT2D eigenvalue weighted by molar-refractivity contribution is 7.88. The maximum Gasteiger partial charge on any atom is 0.221 e. The Bertz CT molecular complexity index is 570. The Morgan fingerprint density at radius 3 is 2.48 bits per heavy atom. The molecule has 0 saturated carbocycles. The van der Waals surface area contributed by atoms with Crippen LogP contribution in [0, 0.1) is 6.92 Å². The van der Waals surface area contributed by atoms with Crippen LogP contribution in [0.1, 0.15) is 30.9 Å². The van der Waals surface area contributed by atoms with Gasteiger partial charge in [-0.1, -0.05) is 31.2 Å². The molecular formula is C15H24N2O3S. The maximum absolute atomic E-state index is 11.8. The minimum absolute atomic E-state index is 0.136. The lowest BCUT2D eigenvalue weighted by atomic mass is 10.1. The Morgan fingerprint density at radius 2 is 1.90 bits per heavy atom. The molecule has 0 aliphatic heterocycles. The molecule has 0 radical (unpaired) electrons. The predicted molar refractivity (Wildman–Crippen MR) is 84.4 cm³/mol. The van der Waals surface area contributed by atoms with E-state index in [1.807, 2.05) is 38.1 Å². The van der Waals surface area contributed by atoms with Gasteiger partial charge in [0, 0.05) is 26.1 Å². The fourth-order valence-corrected chi connectivity index (χ4v) is 2.95. The molecule has 0 saturated heterocycles. The largest absolute Gasteiger partial charge is 0.352 e. The van der Waals surface area contributed by atoms with Gasteiger partial charge in [-0.2, -0.15) is 0 Å². The van der Waals surface area contributed by atoms with Crippen LogP contribution >= 0.6 is 0 Å². The number of amides is 1. The van der Waals surface area contributed by atoms with Crippen LogP contribution in [0.4, 0.5) is 0 Å². The zero-order chi connectivity index (χ0) is 15.9. The van der Waals surface area contributed by atoms with E-state index in [-0.39, 0.29) is 18.9 Å². The third-order valence-electron chi connectivity index (χ3n) is 3.27. The second-order valence-corrected chi connectivity index (χ2v) is 7.10. The number of rotatable bonds is 8. The number of nitrogens with one attached hydrogen (secondary N) is 1.